The SMILES string of the molecule is Cc1ccc(N2C(=O)C(O)=C(C(=O)CC(C)C)C2c2ccncc2)cc1Cl. The standard InChI is InChI=1S/C21H21ClN2O3/c1-12(2)10-17(25)18-19(14-6-8-23-9-7-14)24(21(27)20(18)26)15-5-4-13(3)16(22)11-15/h4-9,11-12,19,26H,10H2,1-3H3. The molecule has 0 fully saturated rings. The summed E-state index contributed by atoms with van der Waals surface area (Å²) >= 11 is 6.25. The number of ketones is 1. The van der Waals surface area contributed by atoms with Crippen LogP contribution in [0.1, 0.15) is 37.4 Å². The quantitative estimate of drug-likeness (QED) is 0.820. The fraction of sp³-hybridized carbons (Fsp3) is 0.286. The van der Waals surface area contributed by atoms with E-state index in [4.69, 9.17) is 11.6 Å². The molecule has 1 amide bonds. The number of carbonyl (C=O) groups excluding carboxylic acids is 2. The third kappa shape index (κ3) is 3.60. The van der Waals surface area contributed by atoms with Gasteiger partial charge < -0.3 is 5.11 Å². The third-order valence-corrected chi connectivity index (χ3v) is 4.96. The van der Waals surface area contributed by atoms with Crippen molar-refractivity contribution < 1.29 is 14.7 Å². The lowest BCUT2D eigenvalue weighted by molar-refractivity contribution is -0.118. The van der Waals surface area contributed by atoms with Crippen LogP contribution in [0.2, 0.25) is 5.02 Å². The highest BCUT2D eigenvalue weighted by molar-refractivity contribution is 6.31. The molecule has 5 nitrogen and oxygen atoms in total. The lowest BCUT2D eigenvalue weighted by Crippen LogP contribution is -2.31. The molecule has 0 saturated heterocycles. The molecule has 27 heavy (non-hydrogen) atoms. The Morgan fingerprint density at radius 1 is 1.26 bits per heavy atom. The zero-order valence-electron chi connectivity index (χ0n) is 15.4. The lowest BCUT2D eigenvalue weighted by atomic mass is 9.92. The van der Waals surface area contributed by atoms with Gasteiger partial charge in [0, 0.05) is 29.5 Å². The first-order valence-electron chi connectivity index (χ1n) is 8.77. The molecule has 0 aliphatic carbocycles. The second-order valence-electron chi connectivity index (χ2n) is 7.08. The first kappa shape index (κ1) is 19.1. The number of nitrogens with zero attached hydrogens (tertiary/aromatic N) is 2. The second kappa shape index (κ2) is 7.53. The van der Waals surface area contributed by atoms with E-state index < -0.39 is 17.7 Å². The number of benzene rings is 1. The summed E-state index contributed by atoms with van der Waals surface area (Å²) in [6.45, 7) is 5.71. The maximum absolute atomic E-state index is 12.9. The van der Waals surface area contributed by atoms with Crippen LogP contribution in [-0.4, -0.2) is 21.8 Å². The number of aryl methyl sites for hydroxylation is 1. The number of amides is 1. The van der Waals surface area contributed by atoms with Crippen molar-refractivity contribution in [2.45, 2.75) is 33.2 Å². The van der Waals surface area contributed by atoms with Crippen LogP contribution in [-0.2, 0) is 9.59 Å². The summed E-state index contributed by atoms with van der Waals surface area (Å²) in [6.07, 6.45) is 3.44. The summed E-state index contributed by atoms with van der Waals surface area (Å²) in [5, 5.41) is 11.1. The predicted molar refractivity (Wildman–Crippen MR) is 105 cm³/mol. The molecule has 0 spiro atoms. The summed E-state index contributed by atoms with van der Waals surface area (Å²) in [6, 6.07) is 8.00. The van der Waals surface area contributed by atoms with Crippen LogP contribution in [0.5, 0.6) is 0 Å². The van der Waals surface area contributed by atoms with E-state index in [1.165, 1.54) is 4.90 Å². The van der Waals surface area contributed by atoms with Crippen molar-refractivity contribution >= 4 is 29.0 Å². The van der Waals surface area contributed by atoms with Gasteiger partial charge in [-0.15, -0.1) is 0 Å². The van der Waals surface area contributed by atoms with E-state index in [2.05, 4.69) is 4.98 Å². The second-order valence-corrected chi connectivity index (χ2v) is 7.48. The van der Waals surface area contributed by atoms with Gasteiger partial charge in [-0.1, -0.05) is 31.5 Å². The van der Waals surface area contributed by atoms with Crippen molar-refractivity contribution in [2.24, 2.45) is 5.92 Å². The number of aliphatic hydroxyl groups is 1. The first-order chi connectivity index (χ1) is 12.8. The van der Waals surface area contributed by atoms with Crippen molar-refractivity contribution in [3.8, 4) is 0 Å². The molecule has 2 heterocycles. The van der Waals surface area contributed by atoms with E-state index in [9.17, 15) is 14.7 Å². The minimum absolute atomic E-state index is 0.105. The Labute approximate surface area is 163 Å². The van der Waals surface area contributed by atoms with Gasteiger partial charge in [-0.3, -0.25) is 19.5 Å². The molecular weight excluding hydrogens is 364 g/mol. The molecule has 0 saturated carbocycles. The highest BCUT2D eigenvalue weighted by atomic mass is 35.5. The first-order valence-corrected chi connectivity index (χ1v) is 9.15. The summed E-state index contributed by atoms with van der Waals surface area (Å²) in [7, 11) is 0. The van der Waals surface area contributed by atoms with Crippen molar-refractivity contribution in [3.05, 3.63) is 70.2 Å². The van der Waals surface area contributed by atoms with Gasteiger partial charge in [0.25, 0.3) is 5.91 Å². The summed E-state index contributed by atoms with van der Waals surface area (Å²) in [5.74, 6) is -1.24. The molecule has 2 aromatic rings. The largest absolute Gasteiger partial charge is 0.503 e. The Bertz CT molecular complexity index is 922. The van der Waals surface area contributed by atoms with Gasteiger partial charge in [0.15, 0.2) is 11.5 Å². The topological polar surface area (TPSA) is 70.5 Å². The van der Waals surface area contributed by atoms with Crippen LogP contribution < -0.4 is 4.90 Å². The number of hydrogen-bond acceptors (Lipinski definition) is 4. The number of aromatic nitrogens is 1. The minimum Gasteiger partial charge on any atom is -0.503 e. The Hall–Kier alpha value is -2.66. The van der Waals surface area contributed by atoms with E-state index in [0.29, 0.717) is 16.3 Å². The Balaban J connectivity index is 2.14. The van der Waals surface area contributed by atoms with E-state index in [-0.39, 0.29) is 23.7 Å². The molecule has 1 aliphatic rings. The number of pyridine rings is 1. The van der Waals surface area contributed by atoms with Gasteiger partial charge in [-0.05, 0) is 48.2 Å². The summed E-state index contributed by atoms with van der Waals surface area (Å²) in [4.78, 5) is 31.2. The number of aliphatic hydroxyl groups excluding tert-OH is 1. The molecule has 1 aromatic carbocycles. The summed E-state index contributed by atoms with van der Waals surface area (Å²) < 4.78 is 0. The van der Waals surface area contributed by atoms with Crippen LogP contribution in [0.15, 0.2) is 54.1 Å². The maximum atomic E-state index is 12.9. The lowest BCUT2D eigenvalue weighted by Gasteiger charge is -2.27. The predicted octanol–water partition coefficient (Wildman–Crippen LogP) is 4.56. The van der Waals surface area contributed by atoms with Gasteiger partial charge in [0.05, 0.1) is 11.6 Å². The molecular formula is C21H21ClN2O3. The van der Waals surface area contributed by atoms with Crippen molar-refractivity contribution in [3.63, 3.8) is 0 Å². The molecule has 6 heteroatoms. The maximum Gasteiger partial charge on any atom is 0.294 e. The molecule has 1 N–H and O–H groups in total. The van der Waals surface area contributed by atoms with Gasteiger partial charge >= 0.3 is 0 Å². The van der Waals surface area contributed by atoms with E-state index in [1.807, 2.05) is 20.8 Å². The van der Waals surface area contributed by atoms with Gasteiger partial charge in [-0.25, -0.2) is 0 Å². The molecule has 140 valence electrons. The Morgan fingerprint density at radius 2 is 1.93 bits per heavy atom. The van der Waals surface area contributed by atoms with E-state index in [0.717, 1.165) is 5.56 Å². The van der Waals surface area contributed by atoms with Crippen molar-refractivity contribution in [1.29, 1.82) is 0 Å². The number of rotatable bonds is 5. The average molecular weight is 385 g/mol. The van der Waals surface area contributed by atoms with Gasteiger partial charge in [0.2, 0.25) is 0 Å². The summed E-state index contributed by atoms with van der Waals surface area (Å²) in [5.41, 5.74) is 2.22. The molecule has 1 aromatic heterocycles. The van der Waals surface area contributed by atoms with Crippen LogP contribution in [0.4, 0.5) is 5.69 Å². The molecule has 0 radical (unpaired) electrons. The highest BCUT2D eigenvalue weighted by Crippen LogP contribution is 2.42. The molecule has 1 aliphatic heterocycles. The number of Topliss-reactive ketones (excluding diaryl/α,β-unsaturated/α-hetero) is 1. The number of anilines is 1. The Kier molecular flexibility index (Phi) is 5.33. The van der Waals surface area contributed by atoms with Crippen LogP contribution in [0.3, 0.4) is 0 Å². The fourth-order valence-electron chi connectivity index (χ4n) is 3.23. The fourth-order valence-corrected chi connectivity index (χ4v) is 3.40. The van der Waals surface area contributed by atoms with E-state index in [1.54, 1.807) is 42.7 Å². The van der Waals surface area contributed by atoms with Gasteiger partial charge in [0.1, 0.15) is 0 Å². The zero-order valence-corrected chi connectivity index (χ0v) is 16.2. The van der Waals surface area contributed by atoms with E-state index >= 15 is 0 Å². The Morgan fingerprint density at radius 3 is 2.52 bits per heavy atom. The average Bonchev–Trinajstić information content (AvgIpc) is 2.89. The van der Waals surface area contributed by atoms with Crippen LogP contribution in [0, 0.1) is 12.8 Å². The van der Waals surface area contributed by atoms with Gasteiger partial charge in [-0.2, -0.15) is 0 Å². The monoisotopic (exact) mass is 384 g/mol. The molecule has 1 atom stereocenters. The normalized spacial score (nSPS) is 17.1. The molecule has 1 unspecified atom stereocenters. The number of carbonyl (C=O) groups is 2. The smallest absolute Gasteiger partial charge is 0.294 e. The molecule has 3 rings (SSSR count). The number of halogens is 1. The van der Waals surface area contributed by atoms with Crippen LogP contribution >= 0.6 is 11.6 Å². The van der Waals surface area contributed by atoms with Crippen LogP contribution in [0.25, 0.3) is 0 Å². The third-order valence-electron chi connectivity index (χ3n) is 4.56. The van der Waals surface area contributed by atoms with Crippen molar-refractivity contribution in [2.75, 3.05) is 4.90 Å². The minimum atomic E-state index is -0.717. The zero-order chi connectivity index (χ0) is 19.7. The highest BCUT2D eigenvalue weighted by Gasteiger charge is 2.44. The van der Waals surface area contributed by atoms with Crippen molar-refractivity contribution in [1.82, 2.24) is 4.98 Å². The number of hydrogen-bond donors (Lipinski definition) is 1. The molecule has 0 bridgehead atoms.